The van der Waals surface area contributed by atoms with Crippen LogP contribution in [0.25, 0.3) is 0 Å². The maximum Gasteiger partial charge on any atom is 0.631 e. The van der Waals surface area contributed by atoms with Gasteiger partial charge in [-0.2, -0.15) is 16.9 Å². The zero-order valence-corrected chi connectivity index (χ0v) is 13.5. The van der Waals surface area contributed by atoms with Crippen LogP contribution < -0.4 is 0 Å². The summed E-state index contributed by atoms with van der Waals surface area (Å²) in [6.07, 6.45) is 0. The first kappa shape index (κ1) is 34.4. The highest BCUT2D eigenvalue weighted by Gasteiger charge is 2.27. The van der Waals surface area contributed by atoms with E-state index >= 15 is 0 Å². The number of halogens is 1. The normalized spacial score (nSPS) is 10.6. The van der Waals surface area contributed by atoms with Gasteiger partial charge in [-0.1, -0.05) is 0 Å². The van der Waals surface area contributed by atoms with E-state index in [0.717, 1.165) is 0 Å². The van der Waals surface area contributed by atoms with Crippen molar-refractivity contribution in [2.75, 3.05) is 0 Å². The molecule has 17 nitrogen and oxygen atoms in total. The van der Waals surface area contributed by atoms with Gasteiger partial charge in [-0.05, 0) is 0 Å². The van der Waals surface area contributed by atoms with Crippen LogP contribution in [0.15, 0.2) is 0 Å². The predicted octanol–water partition coefficient (Wildman–Crippen LogP) is -3.68. The highest BCUT2D eigenvalue weighted by Crippen LogP contribution is 2.53. The fraction of sp³-hybridized carbons (Fsp3) is 0. The summed E-state index contributed by atoms with van der Waals surface area (Å²) in [4.78, 5) is 31.0. The molecule has 0 fully saturated rings. The predicted molar refractivity (Wildman–Crippen MR) is 67.7 cm³/mol. The van der Waals surface area contributed by atoms with Crippen molar-refractivity contribution in [2.24, 2.45) is 0 Å². The molecule has 0 aliphatic heterocycles. The molecule has 0 heterocycles. The Balaban J connectivity index is -0.0000000666. The van der Waals surface area contributed by atoms with E-state index in [1.165, 1.54) is 0 Å². The summed E-state index contributed by atoms with van der Waals surface area (Å²) >= 11 is -2.61. The Morgan fingerprint density at radius 3 is 0.957 bits per heavy atom. The third kappa shape index (κ3) is 241. The number of rotatable bonds is 2. The molecule has 0 atom stereocenters. The van der Waals surface area contributed by atoms with E-state index in [1.54, 1.807) is 0 Å². The van der Waals surface area contributed by atoms with Crippen LogP contribution in [-0.4, -0.2) is 72.8 Å². The molecule has 0 aromatic carbocycles. The number of phosphoric acid groups is 2. The minimum Gasteiger partial charge on any atom is -0.402 e. The van der Waals surface area contributed by atoms with Crippen LogP contribution in [0, 0.1) is 0 Å². The highest BCUT2D eigenvalue weighted by molar-refractivity contribution is 7.79. The molecule has 0 aromatic rings. The van der Waals surface area contributed by atoms with Crippen molar-refractivity contribution in [3.8, 4) is 0 Å². The fourth-order valence-electron chi connectivity index (χ4n) is 0.139. The summed E-state index contributed by atoms with van der Waals surface area (Å²) < 4.78 is 76.6. The molecular weight excluding hydrogens is 428 g/mol. The fourth-order valence-corrected chi connectivity index (χ4v) is 1.25. The number of hydrogen-bond donors (Lipinski definition) is 11. The summed E-state index contributed by atoms with van der Waals surface area (Å²) in [5, 5.41) is 21.5. The summed E-state index contributed by atoms with van der Waals surface area (Å²) in [5.41, 5.74) is 0. The molecule has 0 aliphatic carbocycles. The van der Waals surface area contributed by atoms with Gasteiger partial charge in [0.1, 0.15) is 0 Å². The quantitative estimate of drug-likeness (QED) is 0.0852. The van der Waals surface area contributed by atoms with Gasteiger partial charge in [0.15, 0.2) is 0 Å². The highest BCUT2D eigenvalue weighted by atomic mass is 32.3. The van der Waals surface area contributed by atoms with Gasteiger partial charge in [-0.15, -0.1) is 0 Å². The molecule has 0 radical (unpaired) electrons. The Kier molecular flexibility index (Phi) is 23.3. The van der Waals surface area contributed by atoms with Crippen molar-refractivity contribution in [3.63, 3.8) is 0 Å². The SMILES string of the molecule is F.O=P(O)(O)OP(=O)(O)O.O=S(=O)(O)O.O=S(O)O.OB(O)O. The van der Waals surface area contributed by atoms with Crippen LogP contribution in [-0.2, 0) is 35.2 Å². The van der Waals surface area contributed by atoms with E-state index in [1.807, 2.05) is 0 Å². The van der Waals surface area contributed by atoms with Crippen molar-refractivity contribution < 1.29 is 83.6 Å². The largest absolute Gasteiger partial charge is 0.631 e. The van der Waals surface area contributed by atoms with Crippen molar-refractivity contribution in [1.29, 1.82) is 0 Å². The first-order valence-corrected chi connectivity index (χ1v) is 9.06. The summed E-state index contributed by atoms with van der Waals surface area (Å²) in [6, 6.07) is 0. The molecule has 23 heteroatoms. The smallest absolute Gasteiger partial charge is 0.402 e. The Labute approximate surface area is 129 Å². The Morgan fingerprint density at radius 1 is 0.870 bits per heavy atom. The van der Waals surface area contributed by atoms with Gasteiger partial charge in [0.2, 0.25) is 0 Å². The third-order valence-corrected chi connectivity index (χ3v) is 1.91. The second kappa shape index (κ2) is 15.6. The molecule has 11 N–H and O–H groups in total. The standard InChI is InChI=1S/BH3O3.FH.H4O7P2.H2O4S.H2O3S/c2-1(3)4;;1-8(2,3)7-9(4,5)6;1-5(2,3)4;1-4(2)3/h2-4H;1H;(H2,1,2,3)(H2,4,5,6);(H2,1,2,3,4);(H2,1,2,3). The molecule has 0 saturated carbocycles. The Hall–Kier alpha value is 0.0749. The van der Waals surface area contributed by atoms with E-state index in [9.17, 15) is 9.13 Å². The maximum absolute atomic E-state index is 9.63. The first-order valence-electron chi connectivity index (χ1n) is 3.54. The lowest BCUT2D eigenvalue weighted by Crippen LogP contribution is -2.07. The molecule has 0 bridgehead atoms. The lowest BCUT2D eigenvalue weighted by Gasteiger charge is -2.03. The van der Waals surface area contributed by atoms with Crippen LogP contribution in [0.1, 0.15) is 0 Å². The minimum absolute atomic E-state index is 0. The van der Waals surface area contributed by atoms with Crippen LogP contribution >= 0.6 is 15.6 Å². The molecule has 146 valence electrons. The average Bonchev–Trinajstić information content (AvgIpc) is 1.86. The van der Waals surface area contributed by atoms with Crippen molar-refractivity contribution >= 4 is 44.7 Å². The molecule has 0 spiro atoms. The second-order valence-electron chi connectivity index (χ2n) is 2.09. The lowest BCUT2D eigenvalue weighted by atomic mass is 10.3. The molecule has 0 aromatic heterocycles. The summed E-state index contributed by atoms with van der Waals surface area (Å²) in [5.74, 6) is 0. The summed E-state index contributed by atoms with van der Waals surface area (Å²) in [6.45, 7) is 0. The zero-order chi connectivity index (χ0) is 19.4. The van der Waals surface area contributed by atoms with E-state index in [-0.39, 0.29) is 4.70 Å². The molecule has 0 rings (SSSR count). The molecular formula is H12BFO17P2S2. The Morgan fingerprint density at radius 2 is 0.957 bits per heavy atom. The third-order valence-electron chi connectivity index (χ3n) is 0.213. The van der Waals surface area contributed by atoms with Gasteiger partial charge in [-0.25, -0.2) is 9.13 Å². The minimum atomic E-state index is -5.05. The molecule has 0 unspecified atom stereocenters. The summed E-state index contributed by atoms with van der Waals surface area (Å²) in [7, 11) is -16.9. The van der Waals surface area contributed by atoms with Gasteiger partial charge < -0.3 is 34.6 Å². The zero-order valence-electron chi connectivity index (χ0n) is 10.1. The molecule has 0 amide bonds. The average molecular weight is 440 g/mol. The first-order chi connectivity index (χ1) is 9.17. The lowest BCUT2D eigenvalue weighted by molar-refractivity contribution is 0.225. The van der Waals surface area contributed by atoms with Gasteiger partial charge in [0.25, 0.3) is 11.4 Å². The van der Waals surface area contributed by atoms with Crippen molar-refractivity contribution in [3.05, 3.63) is 0 Å². The van der Waals surface area contributed by atoms with Gasteiger partial charge in [0.05, 0.1) is 0 Å². The van der Waals surface area contributed by atoms with Gasteiger partial charge in [0, 0.05) is 0 Å². The topological polar surface area (TPSA) is 317 Å². The van der Waals surface area contributed by atoms with Gasteiger partial charge >= 0.3 is 33.4 Å². The monoisotopic (exact) mass is 440 g/mol. The van der Waals surface area contributed by atoms with Crippen molar-refractivity contribution in [2.45, 2.75) is 0 Å². The Bertz CT molecular complexity index is 434. The van der Waals surface area contributed by atoms with Crippen molar-refractivity contribution in [1.82, 2.24) is 0 Å². The molecule has 0 aliphatic rings. The van der Waals surface area contributed by atoms with Crippen LogP contribution in [0.4, 0.5) is 4.70 Å². The van der Waals surface area contributed by atoms with E-state index in [4.69, 9.17) is 65.5 Å². The van der Waals surface area contributed by atoms with Crippen LogP contribution in [0.3, 0.4) is 0 Å². The van der Waals surface area contributed by atoms with E-state index < -0.39 is 44.7 Å². The number of hydrogen-bond acceptors (Lipinski definition) is 9. The van der Waals surface area contributed by atoms with E-state index in [0.29, 0.717) is 0 Å². The van der Waals surface area contributed by atoms with E-state index in [2.05, 4.69) is 4.31 Å². The molecule has 23 heavy (non-hydrogen) atoms. The second-order valence-corrected chi connectivity index (χ2v) is 6.06. The van der Waals surface area contributed by atoms with Crippen LogP contribution in [0.5, 0.6) is 0 Å². The molecule has 0 saturated heterocycles. The van der Waals surface area contributed by atoms with Gasteiger partial charge in [-0.3, -0.25) is 22.9 Å². The maximum atomic E-state index is 9.63. The van der Waals surface area contributed by atoms with Crippen LogP contribution in [0.2, 0.25) is 0 Å².